The van der Waals surface area contributed by atoms with Crippen LogP contribution in [-0.2, 0) is 0 Å². The first kappa shape index (κ1) is 4.77. The molecule has 3 rings (SSSR count). The van der Waals surface area contributed by atoms with Crippen molar-refractivity contribution in [2.45, 2.75) is 18.5 Å². The smallest absolute Gasteiger partial charge is 0.0259 e. The molecule has 1 aliphatic carbocycles. The van der Waals surface area contributed by atoms with E-state index in [0.717, 1.165) is 18.0 Å². The number of hydrogen-bond acceptors (Lipinski definition) is 2. The number of hydrogen-bond donors (Lipinski definition) is 2. The van der Waals surface area contributed by atoms with Crippen molar-refractivity contribution in [1.29, 1.82) is 0 Å². The van der Waals surface area contributed by atoms with E-state index < -0.39 is 0 Å². The molecule has 46 valence electrons. The fourth-order valence-corrected chi connectivity index (χ4v) is 1.91. The molecular weight excluding hydrogens is 100 g/mol. The third-order valence-electron chi connectivity index (χ3n) is 2.47. The van der Waals surface area contributed by atoms with E-state index in [1.807, 2.05) is 0 Å². The van der Waals surface area contributed by atoms with E-state index in [0.29, 0.717) is 0 Å². The van der Waals surface area contributed by atoms with Crippen LogP contribution in [0.25, 0.3) is 0 Å². The zero-order chi connectivity index (χ0) is 5.56. The standard InChI is InChI=1S/C6H12N2/c1-7-6-4-2-5(6)8-3-4/h4-8H,2-3H2,1H3/t4-,5-,6?/m1/s1. The number of fused-ring (bicyclic) bond motifs is 1. The molecule has 0 amide bonds. The summed E-state index contributed by atoms with van der Waals surface area (Å²) in [6.45, 7) is 1.25. The molecule has 1 saturated carbocycles. The van der Waals surface area contributed by atoms with Crippen LogP contribution in [0.2, 0.25) is 0 Å². The summed E-state index contributed by atoms with van der Waals surface area (Å²) in [5, 5.41) is 6.73. The average Bonchev–Trinajstić information content (AvgIpc) is 2.19. The Morgan fingerprint density at radius 2 is 2.50 bits per heavy atom. The predicted molar refractivity (Wildman–Crippen MR) is 32.7 cm³/mol. The monoisotopic (exact) mass is 112 g/mol. The van der Waals surface area contributed by atoms with E-state index in [1.54, 1.807) is 0 Å². The lowest BCUT2D eigenvalue weighted by Crippen LogP contribution is -2.50. The molecule has 0 aromatic carbocycles. The lowest BCUT2D eigenvalue weighted by molar-refractivity contribution is 0.262. The fourth-order valence-electron chi connectivity index (χ4n) is 1.91. The number of likely N-dealkylation sites (N-methyl/N-ethyl adjacent to an activating group) is 1. The van der Waals surface area contributed by atoms with Crippen LogP contribution in [0.5, 0.6) is 0 Å². The van der Waals surface area contributed by atoms with Gasteiger partial charge in [0.25, 0.3) is 0 Å². The van der Waals surface area contributed by atoms with Gasteiger partial charge in [0.15, 0.2) is 0 Å². The molecule has 2 saturated heterocycles. The maximum absolute atomic E-state index is 3.43. The van der Waals surface area contributed by atoms with Crippen molar-refractivity contribution in [2.24, 2.45) is 5.92 Å². The van der Waals surface area contributed by atoms with Gasteiger partial charge in [-0.25, -0.2) is 0 Å². The summed E-state index contributed by atoms with van der Waals surface area (Å²) in [6, 6.07) is 1.61. The first-order valence-corrected chi connectivity index (χ1v) is 3.32. The van der Waals surface area contributed by atoms with Crippen LogP contribution >= 0.6 is 0 Å². The van der Waals surface area contributed by atoms with Gasteiger partial charge >= 0.3 is 0 Å². The van der Waals surface area contributed by atoms with Crippen LogP contribution in [0, 0.1) is 5.92 Å². The van der Waals surface area contributed by atoms with Crippen LogP contribution in [0.3, 0.4) is 0 Å². The highest BCUT2D eigenvalue weighted by molar-refractivity contribution is 5.06. The summed E-state index contributed by atoms with van der Waals surface area (Å²) in [4.78, 5) is 0. The van der Waals surface area contributed by atoms with Crippen molar-refractivity contribution in [2.75, 3.05) is 13.6 Å². The second-order valence-electron chi connectivity index (χ2n) is 2.82. The van der Waals surface area contributed by atoms with E-state index in [9.17, 15) is 0 Å². The van der Waals surface area contributed by atoms with Gasteiger partial charge in [0.05, 0.1) is 0 Å². The summed E-state index contributed by atoms with van der Waals surface area (Å²) in [7, 11) is 2.05. The van der Waals surface area contributed by atoms with Crippen LogP contribution in [0.4, 0.5) is 0 Å². The lowest BCUT2D eigenvalue weighted by atomic mass is 9.80. The molecule has 3 aliphatic rings. The molecule has 2 bridgehead atoms. The molecule has 0 spiro atoms. The van der Waals surface area contributed by atoms with Crippen molar-refractivity contribution in [1.82, 2.24) is 10.6 Å². The second kappa shape index (κ2) is 1.45. The van der Waals surface area contributed by atoms with Gasteiger partial charge in [-0.3, -0.25) is 0 Å². The Bertz CT molecular complexity index is 88.7. The highest BCUT2D eigenvalue weighted by Gasteiger charge is 2.45. The highest BCUT2D eigenvalue weighted by atomic mass is 15.1. The van der Waals surface area contributed by atoms with Crippen molar-refractivity contribution in [3.63, 3.8) is 0 Å². The van der Waals surface area contributed by atoms with Gasteiger partial charge in [0.1, 0.15) is 0 Å². The van der Waals surface area contributed by atoms with Crippen LogP contribution < -0.4 is 10.6 Å². The van der Waals surface area contributed by atoms with Crippen molar-refractivity contribution >= 4 is 0 Å². The highest BCUT2D eigenvalue weighted by Crippen LogP contribution is 2.33. The molecule has 8 heavy (non-hydrogen) atoms. The van der Waals surface area contributed by atoms with Crippen LogP contribution in [0.15, 0.2) is 0 Å². The zero-order valence-corrected chi connectivity index (χ0v) is 5.15. The Hall–Kier alpha value is -0.0800. The van der Waals surface area contributed by atoms with Gasteiger partial charge in [-0.1, -0.05) is 0 Å². The Kier molecular flexibility index (Phi) is 0.866. The van der Waals surface area contributed by atoms with E-state index >= 15 is 0 Å². The summed E-state index contributed by atoms with van der Waals surface area (Å²) >= 11 is 0. The van der Waals surface area contributed by atoms with Crippen molar-refractivity contribution < 1.29 is 0 Å². The first-order valence-electron chi connectivity index (χ1n) is 3.32. The molecule has 0 radical (unpaired) electrons. The summed E-state index contributed by atoms with van der Waals surface area (Å²) in [6.07, 6.45) is 1.41. The van der Waals surface area contributed by atoms with Gasteiger partial charge in [-0.15, -0.1) is 0 Å². The minimum Gasteiger partial charge on any atom is -0.315 e. The fraction of sp³-hybridized carbons (Fsp3) is 1.00. The molecule has 1 unspecified atom stereocenters. The van der Waals surface area contributed by atoms with Crippen molar-refractivity contribution in [3.05, 3.63) is 0 Å². The minimum absolute atomic E-state index is 0.801. The van der Waals surface area contributed by atoms with E-state index in [2.05, 4.69) is 17.7 Å². The van der Waals surface area contributed by atoms with Crippen molar-refractivity contribution in [3.8, 4) is 0 Å². The third kappa shape index (κ3) is 0.400. The summed E-state index contributed by atoms with van der Waals surface area (Å²) in [5.74, 6) is 0.949. The molecule has 2 heterocycles. The molecule has 0 aromatic rings. The third-order valence-corrected chi connectivity index (χ3v) is 2.47. The Labute approximate surface area is 49.7 Å². The Balaban J connectivity index is 2.02. The summed E-state index contributed by atoms with van der Waals surface area (Å²) < 4.78 is 0. The Morgan fingerprint density at radius 1 is 1.62 bits per heavy atom. The quantitative estimate of drug-likeness (QED) is 0.481. The second-order valence-corrected chi connectivity index (χ2v) is 2.82. The van der Waals surface area contributed by atoms with Gasteiger partial charge in [-0.05, 0) is 25.9 Å². The molecule has 2 heteroatoms. The molecule has 3 fully saturated rings. The topological polar surface area (TPSA) is 24.1 Å². The van der Waals surface area contributed by atoms with Crippen LogP contribution in [0.1, 0.15) is 6.42 Å². The molecule has 3 atom stereocenters. The molecule has 2 nitrogen and oxygen atoms in total. The maximum atomic E-state index is 3.43. The van der Waals surface area contributed by atoms with E-state index in [-0.39, 0.29) is 0 Å². The maximum Gasteiger partial charge on any atom is 0.0259 e. The average molecular weight is 112 g/mol. The number of nitrogens with one attached hydrogen (secondary N) is 2. The molecule has 0 aromatic heterocycles. The van der Waals surface area contributed by atoms with Gasteiger partial charge in [-0.2, -0.15) is 0 Å². The lowest BCUT2D eigenvalue weighted by Gasteiger charge is -2.33. The van der Waals surface area contributed by atoms with Gasteiger partial charge in [0.2, 0.25) is 0 Å². The molecule has 2 N–H and O–H groups in total. The predicted octanol–water partition coefficient (Wildman–Crippen LogP) is -0.434. The van der Waals surface area contributed by atoms with Gasteiger partial charge in [0, 0.05) is 12.1 Å². The number of rotatable bonds is 1. The normalized spacial score (nSPS) is 51.4. The SMILES string of the molecule is CNC1[C@H]2CN[C@@H]1C2. The van der Waals surface area contributed by atoms with Gasteiger partial charge < -0.3 is 10.6 Å². The van der Waals surface area contributed by atoms with Crippen LogP contribution in [-0.4, -0.2) is 25.7 Å². The Morgan fingerprint density at radius 3 is 2.75 bits per heavy atom. The largest absolute Gasteiger partial charge is 0.315 e. The minimum atomic E-state index is 0.801. The first-order chi connectivity index (χ1) is 3.92. The summed E-state index contributed by atoms with van der Waals surface area (Å²) in [5.41, 5.74) is 0. The zero-order valence-electron chi connectivity index (χ0n) is 5.15. The molecule has 2 aliphatic heterocycles. The molecular formula is C6H12N2. The van der Waals surface area contributed by atoms with E-state index in [1.165, 1.54) is 13.0 Å². The van der Waals surface area contributed by atoms with E-state index in [4.69, 9.17) is 0 Å².